The zero-order valence-corrected chi connectivity index (χ0v) is 25.5. The molecular weight excluding hydrogens is 589 g/mol. The van der Waals surface area contributed by atoms with Gasteiger partial charge in [0, 0.05) is 33.8 Å². The molecule has 0 bridgehead atoms. The lowest BCUT2D eigenvalue weighted by molar-refractivity contribution is -0.116. The molecule has 0 radical (unpaired) electrons. The third kappa shape index (κ3) is 6.74. The van der Waals surface area contributed by atoms with E-state index in [1.54, 1.807) is 36.0 Å². The van der Waals surface area contributed by atoms with Crippen LogP contribution in [-0.4, -0.2) is 29.1 Å². The van der Waals surface area contributed by atoms with E-state index >= 15 is 0 Å². The van der Waals surface area contributed by atoms with E-state index in [4.69, 9.17) is 0 Å². The highest BCUT2D eigenvalue weighted by atomic mass is 32.2. The summed E-state index contributed by atoms with van der Waals surface area (Å²) < 4.78 is 0. The maximum atomic E-state index is 13.8. The van der Waals surface area contributed by atoms with Gasteiger partial charge in [0.05, 0.1) is 17.0 Å². The lowest BCUT2D eigenvalue weighted by Crippen LogP contribution is -2.49. The van der Waals surface area contributed by atoms with Gasteiger partial charge in [-0.05, 0) is 60.2 Å². The molecule has 4 amide bonds. The van der Waals surface area contributed by atoms with Gasteiger partial charge < -0.3 is 16.0 Å². The fourth-order valence-corrected chi connectivity index (χ4v) is 7.48. The van der Waals surface area contributed by atoms with Crippen LogP contribution in [0.5, 0.6) is 0 Å². The van der Waals surface area contributed by atoms with Gasteiger partial charge in [0.1, 0.15) is 5.25 Å². The average Bonchev–Trinajstić information content (AvgIpc) is 3.03. The number of hydrogen-bond donors (Lipinski definition) is 3. The number of urea groups is 1. The molecule has 0 fully saturated rings. The zero-order valence-electron chi connectivity index (χ0n) is 23.8. The van der Waals surface area contributed by atoms with E-state index in [-0.39, 0.29) is 29.1 Å². The number of hydrogen-bond acceptors (Lipinski definition) is 5. The van der Waals surface area contributed by atoms with Crippen molar-refractivity contribution in [3.63, 3.8) is 0 Å². The first-order valence-corrected chi connectivity index (χ1v) is 15.9. The Kier molecular flexibility index (Phi) is 8.86. The van der Waals surface area contributed by atoms with Crippen LogP contribution in [0.2, 0.25) is 0 Å². The average molecular weight is 619 g/mol. The van der Waals surface area contributed by atoms with Crippen LogP contribution >= 0.6 is 23.5 Å². The van der Waals surface area contributed by atoms with Crippen molar-refractivity contribution in [2.75, 3.05) is 20.9 Å². The number of amides is 4. The third-order valence-corrected chi connectivity index (χ3v) is 9.67. The fourth-order valence-electron chi connectivity index (χ4n) is 5.14. The van der Waals surface area contributed by atoms with E-state index in [2.05, 4.69) is 28.1 Å². The predicted octanol–water partition coefficient (Wildman–Crippen LogP) is 8.12. The van der Waals surface area contributed by atoms with Crippen molar-refractivity contribution in [3.8, 4) is 0 Å². The summed E-state index contributed by atoms with van der Waals surface area (Å²) in [7, 11) is 0. The number of nitrogens with zero attached hydrogens (tertiary/aromatic N) is 1. The molecule has 0 aromatic heterocycles. The van der Waals surface area contributed by atoms with Crippen LogP contribution in [0, 0.1) is 0 Å². The monoisotopic (exact) mass is 618 g/mol. The summed E-state index contributed by atoms with van der Waals surface area (Å²) in [5.41, 5.74) is 3.65. The molecule has 3 unspecified atom stereocenters. The summed E-state index contributed by atoms with van der Waals surface area (Å²) in [4.78, 5) is 42.5. The first kappa shape index (κ1) is 29.3. The van der Waals surface area contributed by atoms with Crippen molar-refractivity contribution in [2.45, 2.75) is 33.3 Å². The summed E-state index contributed by atoms with van der Waals surface area (Å²) in [6, 6.07) is 31.8. The molecule has 6 rings (SSSR count). The summed E-state index contributed by atoms with van der Waals surface area (Å²) >= 11 is 3.17. The van der Waals surface area contributed by atoms with Gasteiger partial charge >= 0.3 is 6.03 Å². The molecule has 7 nitrogen and oxygen atoms in total. The highest BCUT2D eigenvalue weighted by Crippen LogP contribution is 2.44. The molecule has 4 aromatic carbocycles. The van der Waals surface area contributed by atoms with E-state index in [9.17, 15) is 14.4 Å². The smallest absolute Gasteiger partial charge is 0.326 e. The molecule has 0 saturated heterocycles. The Bertz CT molecular complexity index is 1740. The largest absolute Gasteiger partial charge is 0.326 e. The van der Waals surface area contributed by atoms with E-state index in [0.717, 1.165) is 21.0 Å². The van der Waals surface area contributed by atoms with E-state index in [0.29, 0.717) is 17.1 Å². The minimum Gasteiger partial charge on any atom is -0.326 e. The van der Waals surface area contributed by atoms with Crippen LogP contribution in [0.15, 0.2) is 137 Å². The molecule has 2 aliphatic rings. The van der Waals surface area contributed by atoms with Crippen molar-refractivity contribution in [1.29, 1.82) is 0 Å². The van der Waals surface area contributed by atoms with Crippen LogP contribution in [0.3, 0.4) is 0 Å². The number of rotatable bonds is 7. The Labute approximate surface area is 264 Å². The number of anilines is 4. The van der Waals surface area contributed by atoms with Crippen LogP contribution in [0.1, 0.15) is 17.7 Å². The molecule has 0 saturated carbocycles. The van der Waals surface area contributed by atoms with Crippen LogP contribution in [0.4, 0.5) is 27.5 Å². The Morgan fingerprint density at radius 2 is 1.45 bits per heavy atom. The van der Waals surface area contributed by atoms with Gasteiger partial charge in [-0.2, -0.15) is 0 Å². The Morgan fingerprint density at radius 3 is 2.23 bits per heavy atom. The summed E-state index contributed by atoms with van der Waals surface area (Å²) in [5.74, 6) is -0.346. The third-order valence-electron chi connectivity index (χ3n) is 7.11. The van der Waals surface area contributed by atoms with Crippen molar-refractivity contribution < 1.29 is 14.4 Å². The number of benzene rings is 4. The molecule has 0 spiro atoms. The Hall–Kier alpha value is -4.73. The quantitative estimate of drug-likeness (QED) is 0.182. The second-order valence-corrected chi connectivity index (χ2v) is 12.7. The predicted molar refractivity (Wildman–Crippen MR) is 181 cm³/mol. The van der Waals surface area contributed by atoms with Crippen molar-refractivity contribution in [3.05, 3.63) is 133 Å². The molecule has 9 heteroatoms. The molecule has 4 aromatic rings. The van der Waals surface area contributed by atoms with Gasteiger partial charge in [0.2, 0.25) is 11.8 Å². The number of nitrogens with one attached hydrogen (secondary N) is 3. The molecule has 3 N–H and O–H groups in total. The highest BCUT2D eigenvalue weighted by Gasteiger charge is 2.36. The minimum atomic E-state index is -0.553. The standard InChI is InChI=1S/C35H30N4O3S2/c1-23(40)36-25-18-20-26(21-19-25)37-34(41)33(24-10-3-2-4-11-24)43-28-13-9-12-27(22-28)38-35(42)39-29-14-5-7-16-31(29)44-32-17-8-6-15-30(32)39/h2-22,29,31,33H,1H3,(H,36,40)(H,37,41)(H,38,42). The first-order chi connectivity index (χ1) is 21.4. The number of carbonyl (C=O) groups is 3. The lowest BCUT2D eigenvalue weighted by atomic mass is 10.1. The Balaban J connectivity index is 1.21. The molecule has 1 aliphatic carbocycles. The zero-order chi connectivity index (χ0) is 30.5. The molecule has 1 aliphatic heterocycles. The highest BCUT2D eigenvalue weighted by molar-refractivity contribution is 8.00. The number of fused-ring (bicyclic) bond motifs is 2. The minimum absolute atomic E-state index is 0.101. The summed E-state index contributed by atoms with van der Waals surface area (Å²) in [5, 5.41) is 8.42. The van der Waals surface area contributed by atoms with Crippen LogP contribution in [0.25, 0.3) is 0 Å². The molecule has 44 heavy (non-hydrogen) atoms. The first-order valence-electron chi connectivity index (χ1n) is 14.2. The molecular formula is C35H30N4O3S2. The SMILES string of the molecule is CC(=O)Nc1ccc(NC(=O)C(Sc2cccc(NC(=O)N3c4ccccc4SC4C=CC=CC43)c2)c2ccccc2)cc1. The maximum absolute atomic E-state index is 13.8. The van der Waals surface area contributed by atoms with Crippen LogP contribution in [-0.2, 0) is 9.59 Å². The van der Waals surface area contributed by atoms with Gasteiger partial charge in [-0.3, -0.25) is 14.5 Å². The van der Waals surface area contributed by atoms with Crippen molar-refractivity contribution >= 4 is 64.1 Å². The second kappa shape index (κ2) is 13.3. The maximum Gasteiger partial charge on any atom is 0.326 e. The van der Waals surface area contributed by atoms with Gasteiger partial charge in [0.25, 0.3) is 0 Å². The normalized spacial score (nSPS) is 17.2. The number of thioether (sulfide) groups is 2. The second-order valence-electron chi connectivity index (χ2n) is 10.3. The Morgan fingerprint density at radius 1 is 0.750 bits per heavy atom. The van der Waals surface area contributed by atoms with Crippen molar-refractivity contribution in [2.24, 2.45) is 0 Å². The van der Waals surface area contributed by atoms with Gasteiger partial charge in [-0.1, -0.05) is 72.8 Å². The van der Waals surface area contributed by atoms with E-state index in [1.165, 1.54) is 18.7 Å². The summed E-state index contributed by atoms with van der Waals surface area (Å²) in [6.45, 7) is 1.45. The van der Waals surface area contributed by atoms with E-state index < -0.39 is 5.25 Å². The van der Waals surface area contributed by atoms with E-state index in [1.807, 2.05) is 95.9 Å². The number of carbonyl (C=O) groups excluding carboxylic acids is 3. The van der Waals surface area contributed by atoms with Gasteiger partial charge in [-0.15, -0.1) is 23.5 Å². The molecule has 220 valence electrons. The molecule has 3 atom stereocenters. The van der Waals surface area contributed by atoms with Crippen molar-refractivity contribution in [1.82, 2.24) is 0 Å². The van der Waals surface area contributed by atoms with Gasteiger partial charge in [-0.25, -0.2) is 4.79 Å². The van der Waals surface area contributed by atoms with Gasteiger partial charge in [0.15, 0.2) is 0 Å². The van der Waals surface area contributed by atoms with Crippen LogP contribution < -0.4 is 20.9 Å². The lowest BCUT2D eigenvalue weighted by Gasteiger charge is -2.40. The topological polar surface area (TPSA) is 90.5 Å². The summed E-state index contributed by atoms with van der Waals surface area (Å²) in [6.07, 6.45) is 8.21. The molecule has 1 heterocycles. The number of para-hydroxylation sites is 1. The fraction of sp³-hybridized carbons (Fsp3) is 0.114. The number of allylic oxidation sites excluding steroid dienone is 2.